The van der Waals surface area contributed by atoms with Crippen molar-refractivity contribution in [1.29, 1.82) is 0 Å². The zero-order valence-electron chi connectivity index (χ0n) is 13.5. The second-order valence-electron chi connectivity index (χ2n) is 5.65. The Labute approximate surface area is 135 Å². The maximum Gasteiger partial charge on any atom is 0.226 e. The molecule has 2 aromatic rings. The van der Waals surface area contributed by atoms with Gasteiger partial charge in [-0.2, -0.15) is 0 Å². The maximum absolute atomic E-state index is 11.3. The van der Waals surface area contributed by atoms with E-state index in [-0.39, 0.29) is 5.91 Å². The van der Waals surface area contributed by atoms with E-state index in [1.54, 1.807) is 20.3 Å². The molecule has 1 aromatic carbocycles. The molecule has 0 N–H and O–H groups in total. The summed E-state index contributed by atoms with van der Waals surface area (Å²) < 4.78 is 10.7. The van der Waals surface area contributed by atoms with Crippen LogP contribution in [-0.2, 0) is 11.3 Å². The van der Waals surface area contributed by atoms with Crippen LogP contribution in [0.2, 0.25) is 0 Å². The zero-order valence-corrected chi connectivity index (χ0v) is 13.5. The van der Waals surface area contributed by atoms with Crippen molar-refractivity contribution in [3.63, 3.8) is 0 Å². The number of piperazine rings is 1. The molecule has 122 valence electrons. The van der Waals surface area contributed by atoms with Gasteiger partial charge in [0.25, 0.3) is 0 Å². The van der Waals surface area contributed by atoms with E-state index < -0.39 is 0 Å². The number of hydrogen-bond donors (Lipinski definition) is 0. The van der Waals surface area contributed by atoms with Gasteiger partial charge in [-0.05, 0) is 24.3 Å². The number of ether oxygens (including phenoxy) is 1. The van der Waals surface area contributed by atoms with Crippen LogP contribution in [0.15, 0.2) is 34.9 Å². The lowest BCUT2D eigenvalue weighted by atomic mass is 10.2. The average molecular weight is 315 g/mol. The first-order valence-corrected chi connectivity index (χ1v) is 7.72. The van der Waals surface area contributed by atoms with Crippen LogP contribution < -0.4 is 4.74 Å². The van der Waals surface area contributed by atoms with Gasteiger partial charge < -0.3 is 14.1 Å². The highest BCUT2D eigenvalue weighted by molar-refractivity contribution is 5.73. The molecule has 2 heterocycles. The number of aromatic nitrogens is 1. The molecule has 0 aliphatic carbocycles. The number of methoxy groups -OCH3 is 1. The molecule has 1 saturated heterocycles. The number of benzene rings is 1. The normalized spacial score (nSPS) is 15.7. The zero-order chi connectivity index (χ0) is 16.2. The number of nitrogens with zero attached hydrogens (tertiary/aromatic N) is 3. The Morgan fingerprint density at radius 2 is 1.91 bits per heavy atom. The average Bonchev–Trinajstić information content (AvgIpc) is 3.04. The molecule has 1 fully saturated rings. The lowest BCUT2D eigenvalue weighted by molar-refractivity contribution is -0.130. The molecule has 0 saturated carbocycles. The van der Waals surface area contributed by atoms with Gasteiger partial charge in [-0.25, -0.2) is 4.98 Å². The van der Waals surface area contributed by atoms with Crippen molar-refractivity contribution in [1.82, 2.24) is 14.8 Å². The summed E-state index contributed by atoms with van der Waals surface area (Å²) in [7, 11) is 1.64. The highest BCUT2D eigenvalue weighted by atomic mass is 16.5. The number of oxazole rings is 1. The summed E-state index contributed by atoms with van der Waals surface area (Å²) >= 11 is 0. The summed E-state index contributed by atoms with van der Waals surface area (Å²) in [4.78, 5) is 20.1. The van der Waals surface area contributed by atoms with E-state index in [9.17, 15) is 4.79 Å². The predicted octanol–water partition coefficient (Wildman–Crippen LogP) is 2.01. The summed E-state index contributed by atoms with van der Waals surface area (Å²) in [6.07, 6.45) is 1.71. The quantitative estimate of drug-likeness (QED) is 0.864. The van der Waals surface area contributed by atoms with E-state index in [0.29, 0.717) is 5.89 Å². The molecule has 0 atom stereocenters. The highest BCUT2D eigenvalue weighted by Gasteiger charge is 2.19. The Balaban J connectivity index is 1.60. The molecule has 0 unspecified atom stereocenters. The van der Waals surface area contributed by atoms with Gasteiger partial charge >= 0.3 is 0 Å². The second kappa shape index (κ2) is 6.83. The standard InChI is InChI=1S/C17H21N3O3/c1-13(21)20-9-7-19(8-10-20)11-15-12-23-17(18-15)14-3-5-16(22-2)6-4-14/h3-6,12H,7-11H2,1-2H3. The lowest BCUT2D eigenvalue weighted by Crippen LogP contribution is -2.47. The van der Waals surface area contributed by atoms with Crippen LogP contribution in [0.3, 0.4) is 0 Å². The molecular formula is C17H21N3O3. The summed E-state index contributed by atoms with van der Waals surface area (Å²) in [5.41, 5.74) is 1.84. The van der Waals surface area contributed by atoms with Crippen molar-refractivity contribution in [3.8, 4) is 17.2 Å². The van der Waals surface area contributed by atoms with Gasteiger partial charge in [-0.15, -0.1) is 0 Å². The van der Waals surface area contributed by atoms with Gasteiger partial charge in [0.05, 0.1) is 12.8 Å². The number of carbonyl (C=O) groups is 1. The minimum Gasteiger partial charge on any atom is -0.497 e. The fourth-order valence-electron chi connectivity index (χ4n) is 2.70. The third kappa shape index (κ3) is 3.71. The van der Waals surface area contributed by atoms with Crippen molar-refractivity contribution in [3.05, 3.63) is 36.2 Å². The SMILES string of the molecule is COc1ccc(-c2nc(CN3CCN(C(C)=O)CC3)co2)cc1. The molecule has 1 aromatic heterocycles. The molecule has 0 bridgehead atoms. The van der Waals surface area contributed by atoms with E-state index >= 15 is 0 Å². The van der Waals surface area contributed by atoms with Gasteiger partial charge in [0.15, 0.2) is 0 Å². The van der Waals surface area contributed by atoms with E-state index in [1.165, 1.54) is 0 Å². The van der Waals surface area contributed by atoms with Crippen molar-refractivity contribution < 1.29 is 13.9 Å². The largest absolute Gasteiger partial charge is 0.497 e. The van der Waals surface area contributed by atoms with Crippen LogP contribution >= 0.6 is 0 Å². The highest BCUT2D eigenvalue weighted by Crippen LogP contribution is 2.22. The predicted molar refractivity (Wildman–Crippen MR) is 86.0 cm³/mol. The topological polar surface area (TPSA) is 58.8 Å². The van der Waals surface area contributed by atoms with Crippen LogP contribution in [0, 0.1) is 0 Å². The van der Waals surface area contributed by atoms with Crippen LogP contribution in [0.25, 0.3) is 11.5 Å². The number of rotatable bonds is 4. The van der Waals surface area contributed by atoms with E-state index in [4.69, 9.17) is 9.15 Å². The molecule has 6 nitrogen and oxygen atoms in total. The van der Waals surface area contributed by atoms with Crippen molar-refractivity contribution in [2.75, 3.05) is 33.3 Å². The van der Waals surface area contributed by atoms with Crippen LogP contribution in [-0.4, -0.2) is 54.0 Å². The third-order valence-corrected chi connectivity index (χ3v) is 4.09. The molecule has 1 aliphatic heterocycles. The number of hydrogen-bond acceptors (Lipinski definition) is 5. The first-order valence-electron chi connectivity index (χ1n) is 7.72. The molecular weight excluding hydrogens is 294 g/mol. The van der Waals surface area contributed by atoms with Crippen LogP contribution in [0.1, 0.15) is 12.6 Å². The van der Waals surface area contributed by atoms with Crippen molar-refractivity contribution in [2.24, 2.45) is 0 Å². The van der Waals surface area contributed by atoms with Gasteiger partial charge in [-0.3, -0.25) is 9.69 Å². The van der Waals surface area contributed by atoms with Crippen molar-refractivity contribution in [2.45, 2.75) is 13.5 Å². The minimum absolute atomic E-state index is 0.146. The summed E-state index contributed by atoms with van der Waals surface area (Å²) in [5.74, 6) is 1.57. The van der Waals surface area contributed by atoms with Gasteiger partial charge in [0, 0.05) is 45.2 Å². The van der Waals surface area contributed by atoms with Gasteiger partial charge in [0.2, 0.25) is 11.8 Å². The second-order valence-corrected chi connectivity index (χ2v) is 5.65. The Hall–Kier alpha value is -2.34. The Morgan fingerprint density at radius 1 is 1.22 bits per heavy atom. The Kier molecular flexibility index (Phi) is 4.62. The van der Waals surface area contributed by atoms with E-state index in [2.05, 4.69) is 9.88 Å². The van der Waals surface area contributed by atoms with Crippen LogP contribution in [0.4, 0.5) is 0 Å². The van der Waals surface area contributed by atoms with E-state index in [0.717, 1.165) is 49.7 Å². The fourth-order valence-corrected chi connectivity index (χ4v) is 2.70. The first kappa shape index (κ1) is 15.6. The lowest BCUT2D eigenvalue weighted by Gasteiger charge is -2.33. The van der Waals surface area contributed by atoms with Crippen molar-refractivity contribution >= 4 is 5.91 Å². The minimum atomic E-state index is 0.146. The number of amides is 1. The summed E-state index contributed by atoms with van der Waals surface area (Å²) in [6.45, 7) is 5.64. The summed E-state index contributed by atoms with van der Waals surface area (Å²) in [5, 5.41) is 0. The molecule has 6 heteroatoms. The monoisotopic (exact) mass is 315 g/mol. The van der Waals surface area contributed by atoms with E-state index in [1.807, 2.05) is 29.2 Å². The van der Waals surface area contributed by atoms with Crippen LogP contribution in [0.5, 0.6) is 5.75 Å². The smallest absolute Gasteiger partial charge is 0.226 e. The molecule has 0 radical (unpaired) electrons. The Morgan fingerprint density at radius 3 is 2.52 bits per heavy atom. The maximum atomic E-state index is 11.3. The third-order valence-electron chi connectivity index (χ3n) is 4.09. The Bertz CT molecular complexity index is 658. The summed E-state index contributed by atoms with van der Waals surface area (Å²) in [6, 6.07) is 7.64. The molecule has 1 aliphatic rings. The fraction of sp³-hybridized carbons (Fsp3) is 0.412. The van der Waals surface area contributed by atoms with Gasteiger partial charge in [-0.1, -0.05) is 0 Å². The van der Waals surface area contributed by atoms with Gasteiger partial charge in [0.1, 0.15) is 12.0 Å². The molecule has 3 rings (SSSR count). The first-order chi connectivity index (χ1) is 11.2. The molecule has 23 heavy (non-hydrogen) atoms. The molecule has 1 amide bonds. The number of carbonyl (C=O) groups excluding carboxylic acids is 1. The molecule has 0 spiro atoms.